The van der Waals surface area contributed by atoms with Gasteiger partial charge >= 0.3 is 0 Å². The van der Waals surface area contributed by atoms with Crippen LogP contribution in [0.15, 0.2) is 18.5 Å². The minimum absolute atomic E-state index is 0.283. The topological polar surface area (TPSA) is 53.8 Å². The highest BCUT2D eigenvalue weighted by atomic mass is 16.5. The smallest absolute Gasteiger partial charge is 0.224 e. The third-order valence-corrected chi connectivity index (χ3v) is 6.60. The Morgan fingerprint density at radius 3 is 2.69 bits per heavy atom. The first-order valence-corrected chi connectivity index (χ1v) is 11.4. The van der Waals surface area contributed by atoms with Crippen molar-refractivity contribution in [2.45, 2.75) is 51.6 Å². The molecule has 2 aliphatic heterocycles. The SMILES string of the molecule is CCN1CCCC1CN(CC1CCN(CCOC)CC1)C(=O)CCn1cccn1. The minimum Gasteiger partial charge on any atom is -0.383 e. The van der Waals surface area contributed by atoms with Gasteiger partial charge in [0.05, 0.1) is 6.61 Å². The quantitative estimate of drug-likeness (QED) is 0.563. The zero-order valence-corrected chi connectivity index (χ0v) is 18.3. The lowest BCUT2D eigenvalue weighted by molar-refractivity contribution is -0.133. The lowest BCUT2D eigenvalue weighted by Gasteiger charge is -2.36. The molecular weight excluding hydrogens is 366 g/mol. The van der Waals surface area contributed by atoms with Crippen LogP contribution >= 0.6 is 0 Å². The summed E-state index contributed by atoms with van der Waals surface area (Å²) in [5, 5.41) is 4.25. The summed E-state index contributed by atoms with van der Waals surface area (Å²) >= 11 is 0. The van der Waals surface area contributed by atoms with Crippen LogP contribution in [0.4, 0.5) is 0 Å². The Morgan fingerprint density at radius 1 is 1.17 bits per heavy atom. The number of rotatable bonds is 11. The number of ether oxygens (including phenoxy) is 1. The van der Waals surface area contributed by atoms with E-state index in [1.54, 1.807) is 13.3 Å². The van der Waals surface area contributed by atoms with Gasteiger partial charge in [0.2, 0.25) is 5.91 Å². The van der Waals surface area contributed by atoms with Crippen molar-refractivity contribution in [2.24, 2.45) is 5.92 Å². The molecule has 1 aromatic rings. The average molecular weight is 406 g/mol. The fraction of sp³-hybridized carbons (Fsp3) is 0.818. The lowest BCUT2D eigenvalue weighted by Crippen LogP contribution is -2.47. The van der Waals surface area contributed by atoms with E-state index >= 15 is 0 Å². The number of carbonyl (C=O) groups excluding carboxylic acids is 1. The van der Waals surface area contributed by atoms with Crippen molar-refractivity contribution in [3.63, 3.8) is 0 Å². The molecule has 2 fully saturated rings. The normalized spacial score (nSPS) is 21.7. The summed E-state index contributed by atoms with van der Waals surface area (Å²) in [6.07, 6.45) is 9.06. The maximum Gasteiger partial charge on any atom is 0.224 e. The second-order valence-corrected chi connectivity index (χ2v) is 8.52. The molecule has 0 bridgehead atoms. The van der Waals surface area contributed by atoms with E-state index in [1.165, 1.54) is 32.2 Å². The maximum absolute atomic E-state index is 13.1. The second kappa shape index (κ2) is 11.7. The number of hydrogen-bond acceptors (Lipinski definition) is 5. The molecule has 3 heterocycles. The van der Waals surface area contributed by atoms with Crippen LogP contribution in [0.5, 0.6) is 0 Å². The molecule has 2 saturated heterocycles. The molecule has 1 atom stereocenters. The molecular formula is C22H39N5O2. The van der Waals surface area contributed by atoms with Crippen LogP contribution in [0, 0.1) is 5.92 Å². The van der Waals surface area contributed by atoms with Crippen molar-refractivity contribution in [2.75, 3.05) is 59.5 Å². The van der Waals surface area contributed by atoms with Crippen LogP contribution in [0.2, 0.25) is 0 Å². The van der Waals surface area contributed by atoms with E-state index in [1.807, 2.05) is 16.9 Å². The van der Waals surface area contributed by atoms with Gasteiger partial charge in [-0.2, -0.15) is 5.10 Å². The Bertz CT molecular complexity index is 586. The summed E-state index contributed by atoms with van der Waals surface area (Å²) in [7, 11) is 1.77. The molecule has 1 amide bonds. The zero-order valence-electron chi connectivity index (χ0n) is 18.3. The molecule has 7 nitrogen and oxygen atoms in total. The molecule has 0 N–H and O–H groups in total. The first kappa shape index (κ1) is 22.2. The van der Waals surface area contributed by atoms with Gasteiger partial charge in [0.25, 0.3) is 0 Å². The van der Waals surface area contributed by atoms with Crippen molar-refractivity contribution < 1.29 is 9.53 Å². The molecule has 0 saturated carbocycles. The number of likely N-dealkylation sites (N-methyl/N-ethyl adjacent to an activating group) is 1. The summed E-state index contributed by atoms with van der Waals surface area (Å²) in [4.78, 5) is 20.3. The molecule has 2 aliphatic rings. The standard InChI is InChI=1S/C22H39N5O2/c1-3-25-11-4-6-21(25)19-26(22(28)9-15-27-12-5-10-23-27)18-20-7-13-24(14-8-20)16-17-29-2/h5,10,12,20-21H,3-4,6-9,11,13-19H2,1-2H3. The Kier molecular flexibility index (Phi) is 8.95. The molecule has 7 heteroatoms. The summed E-state index contributed by atoms with van der Waals surface area (Å²) < 4.78 is 7.07. The predicted molar refractivity (Wildman–Crippen MR) is 115 cm³/mol. The van der Waals surface area contributed by atoms with E-state index in [4.69, 9.17) is 4.74 Å². The van der Waals surface area contributed by atoms with Gasteiger partial charge < -0.3 is 14.5 Å². The number of piperidine rings is 1. The minimum atomic E-state index is 0.283. The van der Waals surface area contributed by atoms with E-state index in [9.17, 15) is 4.79 Å². The van der Waals surface area contributed by atoms with Gasteiger partial charge in [-0.1, -0.05) is 6.92 Å². The Morgan fingerprint density at radius 2 is 2.00 bits per heavy atom. The Hall–Kier alpha value is -1.44. The zero-order chi connectivity index (χ0) is 20.5. The summed E-state index contributed by atoms with van der Waals surface area (Å²) in [6, 6.07) is 2.44. The average Bonchev–Trinajstić information content (AvgIpc) is 3.42. The van der Waals surface area contributed by atoms with Crippen LogP contribution in [0.1, 0.15) is 39.0 Å². The van der Waals surface area contributed by atoms with Gasteiger partial charge in [-0.05, 0) is 63.8 Å². The molecule has 1 unspecified atom stereocenters. The van der Waals surface area contributed by atoms with Crippen molar-refractivity contribution in [1.29, 1.82) is 0 Å². The van der Waals surface area contributed by atoms with Crippen LogP contribution in [-0.4, -0.2) is 96.0 Å². The summed E-state index contributed by atoms with van der Waals surface area (Å²) in [5.41, 5.74) is 0. The monoisotopic (exact) mass is 405 g/mol. The van der Waals surface area contributed by atoms with Crippen molar-refractivity contribution in [3.8, 4) is 0 Å². The molecule has 0 aromatic carbocycles. The van der Waals surface area contributed by atoms with Gasteiger partial charge in [0.15, 0.2) is 0 Å². The first-order chi connectivity index (χ1) is 14.2. The number of nitrogens with zero attached hydrogens (tertiary/aromatic N) is 5. The molecule has 0 aliphatic carbocycles. The molecule has 3 rings (SSSR count). The second-order valence-electron chi connectivity index (χ2n) is 8.52. The van der Waals surface area contributed by atoms with Crippen LogP contribution < -0.4 is 0 Å². The van der Waals surface area contributed by atoms with Crippen LogP contribution in [0.3, 0.4) is 0 Å². The highest BCUT2D eigenvalue weighted by Crippen LogP contribution is 2.22. The molecule has 164 valence electrons. The van der Waals surface area contributed by atoms with Crippen molar-refractivity contribution in [3.05, 3.63) is 18.5 Å². The summed E-state index contributed by atoms with van der Waals surface area (Å²) in [5.74, 6) is 0.893. The van der Waals surface area contributed by atoms with E-state index in [0.29, 0.717) is 24.9 Å². The van der Waals surface area contributed by atoms with E-state index in [-0.39, 0.29) is 5.91 Å². The number of amides is 1. The largest absolute Gasteiger partial charge is 0.383 e. The fourth-order valence-electron chi connectivity index (χ4n) is 4.78. The molecule has 0 radical (unpaired) electrons. The lowest BCUT2D eigenvalue weighted by atomic mass is 9.95. The van der Waals surface area contributed by atoms with Gasteiger partial charge in [0.1, 0.15) is 0 Å². The third kappa shape index (κ3) is 6.79. The van der Waals surface area contributed by atoms with E-state index < -0.39 is 0 Å². The third-order valence-electron chi connectivity index (χ3n) is 6.60. The maximum atomic E-state index is 13.1. The van der Waals surface area contributed by atoms with Crippen molar-refractivity contribution in [1.82, 2.24) is 24.5 Å². The first-order valence-electron chi connectivity index (χ1n) is 11.4. The fourth-order valence-corrected chi connectivity index (χ4v) is 4.78. The summed E-state index contributed by atoms with van der Waals surface area (Å²) in [6.45, 7) is 11.0. The van der Waals surface area contributed by atoms with E-state index in [2.05, 4.69) is 26.7 Å². The van der Waals surface area contributed by atoms with E-state index in [0.717, 1.165) is 45.9 Å². The molecule has 1 aromatic heterocycles. The number of likely N-dealkylation sites (tertiary alicyclic amines) is 2. The Balaban J connectivity index is 1.54. The predicted octanol–water partition coefficient (Wildman–Crippen LogP) is 1.94. The van der Waals surface area contributed by atoms with Crippen LogP contribution in [-0.2, 0) is 16.1 Å². The number of aryl methyl sites for hydroxylation is 1. The van der Waals surface area contributed by atoms with Crippen LogP contribution in [0.25, 0.3) is 0 Å². The molecule has 29 heavy (non-hydrogen) atoms. The van der Waals surface area contributed by atoms with Gasteiger partial charge in [-0.25, -0.2) is 0 Å². The van der Waals surface area contributed by atoms with Gasteiger partial charge in [0, 0.05) is 58.1 Å². The number of hydrogen-bond donors (Lipinski definition) is 0. The number of carbonyl (C=O) groups is 1. The van der Waals surface area contributed by atoms with Crippen molar-refractivity contribution >= 4 is 5.91 Å². The highest BCUT2D eigenvalue weighted by molar-refractivity contribution is 5.76. The van der Waals surface area contributed by atoms with Gasteiger partial charge in [-0.15, -0.1) is 0 Å². The molecule has 0 spiro atoms. The Labute approximate surface area is 176 Å². The highest BCUT2D eigenvalue weighted by Gasteiger charge is 2.29. The number of aromatic nitrogens is 2. The van der Waals surface area contributed by atoms with Gasteiger partial charge in [-0.3, -0.25) is 14.4 Å². The number of methoxy groups -OCH3 is 1.